The van der Waals surface area contributed by atoms with Crippen LogP contribution in [0.4, 0.5) is 0 Å². The number of nitrogens with one attached hydrogen (secondary N) is 1. The molecule has 0 saturated heterocycles. The number of rotatable bonds is 8. The number of carbonyl (C=O) groups excluding carboxylic acids is 1. The van der Waals surface area contributed by atoms with Gasteiger partial charge in [0.05, 0.1) is 0 Å². The molecule has 0 bridgehead atoms. The molecule has 1 atom stereocenters. The summed E-state index contributed by atoms with van der Waals surface area (Å²) in [4.78, 5) is 12.2. The molecule has 1 N–H and O–H groups in total. The average molecular weight is 332 g/mol. The molecule has 2 aromatic rings. The van der Waals surface area contributed by atoms with Gasteiger partial charge in [-0.3, -0.25) is 4.79 Å². The van der Waals surface area contributed by atoms with Crippen LogP contribution >= 0.6 is 11.6 Å². The Hall–Kier alpha value is -2.00. The zero-order chi connectivity index (χ0) is 16.5. The second-order valence-electron chi connectivity index (χ2n) is 5.31. The van der Waals surface area contributed by atoms with E-state index in [1.807, 2.05) is 61.5 Å². The van der Waals surface area contributed by atoms with Crippen molar-refractivity contribution in [1.29, 1.82) is 0 Å². The quantitative estimate of drug-likeness (QED) is 0.734. The molecule has 0 fully saturated rings. The van der Waals surface area contributed by atoms with Gasteiger partial charge < -0.3 is 10.1 Å². The topological polar surface area (TPSA) is 38.3 Å². The van der Waals surface area contributed by atoms with E-state index in [1.165, 1.54) is 0 Å². The number of halogens is 1. The summed E-state index contributed by atoms with van der Waals surface area (Å²) in [5.41, 5.74) is 1.11. The van der Waals surface area contributed by atoms with Gasteiger partial charge in [-0.25, -0.2) is 0 Å². The van der Waals surface area contributed by atoms with E-state index in [0.29, 0.717) is 18.7 Å². The van der Waals surface area contributed by atoms with Crippen LogP contribution in [0.1, 0.15) is 25.3 Å². The van der Waals surface area contributed by atoms with E-state index in [-0.39, 0.29) is 5.91 Å². The first-order valence-electron chi connectivity index (χ1n) is 7.93. The van der Waals surface area contributed by atoms with Crippen molar-refractivity contribution in [3.8, 4) is 5.75 Å². The van der Waals surface area contributed by atoms with Crippen molar-refractivity contribution >= 4 is 17.5 Å². The molecule has 3 nitrogen and oxygen atoms in total. The third-order valence-electron chi connectivity index (χ3n) is 3.56. The van der Waals surface area contributed by atoms with Gasteiger partial charge in [0.25, 0.3) is 5.91 Å². The van der Waals surface area contributed by atoms with Crippen molar-refractivity contribution in [3.05, 3.63) is 65.2 Å². The standard InChI is InChI=1S/C19H22ClNO2/c1-2-18(23-16-11-4-3-5-12-16)19(22)21-14-8-10-15-9-6-7-13-17(15)20/h3-7,9,11-13,18H,2,8,10,14H2,1H3,(H,21,22). The average Bonchev–Trinajstić information content (AvgIpc) is 2.58. The summed E-state index contributed by atoms with van der Waals surface area (Å²) >= 11 is 6.12. The minimum atomic E-state index is -0.460. The lowest BCUT2D eigenvalue weighted by molar-refractivity contribution is -0.128. The number of hydrogen-bond acceptors (Lipinski definition) is 2. The summed E-state index contributed by atoms with van der Waals surface area (Å²) in [6.07, 6.45) is 1.86. The summed E-state index contributed by atoms with van der Waals surface area (Å²) in [5.74, 6) is 0.640. The summed E-state index contributed by atoms with van der Waals surface area (Å²) < 4.78 is 5.73. The molecule has 122 valence electrons. The van der Waals surface area contributed by atoms with Crippen LogP contribution in [0, 0.1) is 0 Å². The number of benzene rings is 2. The summed E-state index contributed by atoms with van der Waals surface area (Å²) in [6.45, 7) is 2.55. The van der Waals surface area contributed by atoms with Crippen LogP contribution < -0.4 is 10.1 Å². The van der Waals surface area contributed by atoms with Crippen LogP contribution in [0.5, 0.6) is 5.75 Å². The normalized spacial score (nSPS) is 11.7. The zero-order valence-electron chi connectivity index (χ0n) is 13.3. The van der Waals surface area contributed by atoms with Gasteiger partial charge in [-0.15, -0.1) is 0 Å². The van der Waals surface area contributed by atoms with Crippen LogP contribution in [0.2, 0.25) is 5.02 Å². The third-order valence-corrected chi connectivity index (χ3v) is 3.93. The summed E-state index contributed by atoms with van der Waals surface area (Å²) in [6, 6.07) is 17.2. The monoisotopic (exact) mass is 331 g/mol. The fourth-order valence-corrected chi connectivity index (χ4v) is 2.52. The first-order valence-corrected chi connectivity index (χ1v) is 8.31. The predicted octanol–water partition coefficient (Wildman–Crippen LogP) is 4.25. The number of amides is 1. The first-order chi connectivity index (χ1) is 11.2. The molecule has 0 aliphatic carbocycles. The minimum absolute atomic E-state index is 0.0736. The van der Waals surface area contributed by atoms with E-state index in [9.17, 15) is 4.79 Å². The van der Waals surface area contributed by atoms with Gasteiger partial charge in [0, 0.05) is 11.6 Å². The zero-order valence-corrected chi connectivity index (χ0v) is 14.1. The van der Waals surface area contributed by atoms with E-state index in [1.54, 1.807) is 0 Å². The second kappa shape index (κ2) is 9.21. The molecule has 4 heteroatoms. The lowest BCUT2D eigenvalue weighted by Gasteiger charge is -2.17. The van der Waals surface area contributed by atoms with Gasteiger partial charge in [0.1, 0.15) is 5.75 Å². The van der Waals surface area contributed by atoms with Gasteiger partial charge in [-0.05, 0) is 43.0 Å². The van der Waals surface area contributed by atoms with Gasteiger partial charge >= 0.3 is 0 Å². The Morgan fingerprint density at radius 2 is 1.83 bits per heavy atom. The van der Waals surface area contributed by atoms with E-state index in [4.69, 9.17) is 16.3 Å². The van der Waals surface area contributed by atoms with Crippen molar-refractivity contribution < 1.29 is 9.53 Å². The lowest BCUT2D eigenvalue weighted by Crippen LogP contribution is -2.38. The van der Waals surface area contributed by atoms with E-state index in [2.05, 4.69) is 5.32 Å². The molecule has 0 heterocycles. The number of aryl methyl sites for hydroxylation is 1. The Morgan fingerprint density at radius 3 is 2.52 bits per heavy atom. The van der Waals surface area contributed by atoms with Crippen LogP contribution in [-0.2, 0) is 11.2 Å². The molecule has 2 rings (SSSR count). The van der Waals surface area contributed by atoms with E-state index in [0.717, 1.165) is 23.4 Å². The highest BCUT2D eigenvalue weighted by Gasteiger charge is 2.17. The van der Waals surface area contributed by atoms with Crippen molar-refractivity contribution in [1.82, 2.24) is 5.32 Å². The third kappa shape index (κ3) is 5.61. The Bertz CT molecular complexity index is 616. The molecule has 0 radical (unpaired) electrons. The smallest absolute Gasteiger partial charge is 0.261 e. The summed E-state index contributed by atoms with van der Waals surface area (Å²) in [7, 11) is 0. The number of hydrogen-bond donors (Lipinski definition) is 1. The second-order valence-corrected chi connectivity index (χ2v) is 5.72. The molecule has 0 aliphatic rings. The van der Waals surface area contributed by atoms with Gasteiger partial charge in [-0.1, -0.05) is 54.9 Å². The Morgan fingerprint density at radius 1 is 1.13 bits per heavy atom. The molecular formula is C19H22ClNO2. The van der Waals surface area contributed by atoms with Gasteiger partial charge in [0.2, 0.25) is 0 Å². The maximum absolute atomic E-state index is 12.2. The molecule has 0 aliphatic heterocycles. The highest BCUT2D eigenvalue weighted by atomic mass is 35.5. The van der Waals surface area contributed by atoms with Crippen LogP contribution in [0.3, 0.4) is 0 Å². The molecule has 1 unspecified atom stereocenters. The molecule has 0 saturated carbocycles. The first kappa shape index (κ1) is 17.4. The molecule has 23 heavy (non-hydrogen) atoms. The minimum Gasteiger partial charge on any atom is -0.481 e. The van der Waals surface area contributed by atoms with Crippen molar-refractivity contribution in [2.24, 2.45) is 0 Å². The SMILES string of the molecule is CCC(Oc1ccccc1)C(=O)NCCCc1ccccc1Cl. The lowest BCUT2D eigenvalue weighted by atomic mass is 10.1. The van der Waals surface area contributed by atoms with Crippen LogP contribution in [-0.4, -0.2) is 18.6 Å². The number of para-hydroxylation sites is 1. The predicted molar refractivity (Wildman–Crippen MR) is 93.9 cm³/mol. The molecular weight excluding hydrogens is 310 g/mol. The largest absolute Gasteiger partial charge is 0.481 e. The summed E-state index contributed by atoms with van der Waals surface area (Å²) in [5, 5.41) is 3.71. The Labute approximate surface area is 142 Å². The molecule has 0 aromatic heterocycles. The van der Waals surface area contributed by atoms with Crippen molar-refractivity contribution in [2.75, 3.05) is 6.54 Å². The molecule has 0 spiro atoms. The van der Waals surface area contributed by atoms with Crippen LogP contribution in [0.15, 0.2) is 54.6 Å². The van der Waals surface area contributed by atoms with E-state index >= 15 is 0 Å². The fraction of sp³-hybridized carbons (Fsp3) is 0.316. The number of ether oxygens (including phenoxy) is 1. The van der Waals surface area contributed by atoms with Crippen molar-refractivity contribution in [3.63, 3.8) is 0 Å². The Kier molecular flexibility index (Phi) is 6.95. The highest BCUT2D eigenvalue weighted by Crippen LogP contribution is 2.16. The van der Waals surface area contributed by atoms with Gasteiger partial charge in [-0.2, -0.15) is 0 Å². The van der Waals surface area contributed by atoms with Crippen molar-refractivity contribution in [2.45, 2.75) is 32.3 Å². The number of carbonyl (C=O) groups is 1. The van der Waals surface area contributed by atoms with E-state index < -0.39 is 6.10 Å². The highest BCUT2D eigenvalue weighted by molar-refractivity contribution is 6.31. The van der Waals surface area contributed by atoms with Crippen LogP contribution in [0.25, 0.3) is 0 Å². The fourth-order valence-electron chi connectivity index (χ4n) is 2.29. The maximum Gasteiger partial charge on any atom is 0.261 e. The maximum atomic E-state index is 12.2. The Balaban J connectivity index is 1.75. The van der Waals surface area contributed by atoms with Gasteiger partial charge in [0.15, 0.2) is 6.10 Å². The molecule has 2 aromatic carbocycles. The molecule has 1 amide bonds.